The molecule has 0 amide bonds. The van der Waals surface area contributed by atoms with Crippen LogP contribution in [-0.2, 0) is 6.42 Å². The van der Waals surface area contributed by atoms with Gasteiger partial charge in [0.25, 0.3) is 0 Å². The van der Waals surface area contributed by atoms with Crippen molar-refractivity contribution < 1.29 is 9.26 Å². The highest BCUT2D eigenvalue weighted by molar-refractivity contribution is 5.73. The number of aromatic nitrogens is 1. The molecule has 4 heteroatoms. The number of aryl methyl sites for hydroxylation is 2. The van der Waals surface area contributed by atoms with Gasteiger partial charge < -0.3 is 14.6 Å². The lowest BCUT2D eigenvalue weighted by Crippen LogP contribution is -2.32. The van der Waals surface area contributed by atoms with Crippen LogP contribution in [0, 0.1) is 6.92 Å². The van der Waals surface area contributed by atoms with Gasteiger partial charge in [0.1, 0.15) is 11.5 Å². The summed E-state index contributed by atoms with van der Waals surface area (Å²) >= 11 is 0. The first-order valence-electron chi connectivity index (χ1n) is 8.49. The first-order chi connectivity index (χ1) is 11.8. The number of ether oxygens (including phenoxy) is 1. The Morgan fingerprint density at radius 3 is 3.00 bits per heavy atom. The SMILES string of the molecule is COc1ccc2c(c1)C(NC1C=CC=CC1)CCc1onc(C)c1-2. The molecule has 1 aromatic heterocycles. The van der Waals surface area contributed by atoms with Crippen molar-refractivity contribution in [2.24, 2.45) is 0 Å². The number of methoxy groups -OCH3 is 1. The van der Waals surface area contributed by atoms with E-state index in [0.717, 1.165) is 42.0 Å². The second-order valence-electron chi connectivity index (χ2n) is 6.43. The maximum absolute atomic E-state index is 5.58. The quantitative estimate of drug-likeness (QED) is 0.923. The van der Waals surface area contributed by atoms with Gasteiger partial charge in [-0.3, -0.25) is 0 Å². The molecule has 2 atom stereocenters. The van der Waals surface area contributed by atoms with Crippen LogP contribution < -0.4 is 10.1 Å². The minimum absolute atomic E-state index is 0.262. The molecule has 1 aromatic carbocycles. The molecule has 24 heavy (non-hydrogen) atoms. The third kappa shape index (κ3) is 2.67. The van der Waals surface area contributed by atoms with Crippen LogP contribution in [-0.4, -0.2) is 18.3 Å². The van der Waals surface area contributed by atoms with E-state index >= 15 is 0 Å². The second kappa shape index (κ2) is 6.29. The number of nitrogens with zero attached hydrogens (tertiary/aromatic N) is 1. The first kappa shape index (κ1) is 15.2. The van der Waals surface area contributed by atoms with Crippen LogP contribution in [0.25, 0.3) is 11.1 Å². The molecule has 2 unspecified atom stereocenters. The molecular formula is C20H22N2O2. The van der Waals surface area contributed by atoms with Crippen molar-refractivity contribution in [1.82, 2.24) is 10.5 Å². The Labute approximate surface area is 142 Å². The van der Waals surface area contributed by atoms with Crippen molar-refractivity contribution in [1.29, 1.82) is 0 Å². The van der Waals surface area contributed by atoms with Gasteiger partial charge in [-0.2, -0.15) is 0 Å². The van der Waals surface area contributed by atoms with E-state index in [9.17, 15) is 0 Å². The Kier molecular flexibility index (Phi) is 3.98. The standard InChI is InChI=1S/C20H22N2O2/c1-13-20-16-9-8-15(23-2)12-17(16)18(10-11-19(20)24-22-13)21-14-6-4-3-5-7-14/h3-6,8-9,12,14,18,21H,7,10-11H2,1-2H3. The normalized spacial score (nSPS) is 21.9. The number of nitrogens with one attached hydrogen (secondary N) is 1. The van der Waals surface area contributed by atoms with Crippen molar-refractivity contribution in [3.05, 3.63) is 59.5 Å². The minimum atomic E-state index is 0.262. The Balaban J connectivity index is 1.76. The van der Waals surface area contributed by atoms with E-state index in [4.69, 9.17) is 9.26 Å². The molecule has 1 heterocycles. The fraction of sp³-hybridized carbons (Fsp3) is 0.350. The molecular weight excluding hydrogens is 300 g/mol. The molecule has 4 rings (SSSR count). The average molecular weight is 322 g/mol. The van der Waals surface area contributed by atoms with E-state index in [2.05, 4.69) is 46.9 Å². The molecule has 0 fully saturated rings. The van der Waals surface area contributed by atoms with E-state index in [1.165, 1.54) is 11.1 Å². The number of allylic oxidation sites excluding steroid dienone is 2. The number of hydrogen-bond donors (Lipinski definition) is 1. The largest absolute Gasteiger partial charge is 0.497 e. The van der Waals surface area contributed by atoms with Crippen LogP contribution in [0.3, 0.4) is 0 Å². The summed E-state index contributed by atoms with van der Waals surface area (Å²) < 4.78 is 11.1. The molecule has 0 aliphatic heterocycles. The summed E-state index contributed by atoms with van der Waals surface area (Å²) in [6.45, 7) is 2.01. The number of benzene rings is 1. The van der Waals surface area contributed by atoms with Crippen LogP contribution in [0.15, 0.2) is 47.0 Å². The van der Waals surface area contributed by atoms with Crippen molar-refractivity contribution >= 4 is 0 Å². The lowest BCUT2D eigenvalue weighted by atomic mass is 9.94. The van der Waals surface area contributed by atoms with Crippen LogP contribution in [0.5, 0.6) is 5.75 Å². The van der Waals surface area contributed by atoms with E-state index < -0.39 is 0 Å². The molecule has 2 aliphatic rings. The minimum Gasteiger partial charge on any atom is -0.497 e. The Morgan fingerprint density at radius 2 is 2.21 bits per heavy atom. The number of fused-ring (bicyclic) bond motifs is 3. The summed E-state index contributed by atoms with van der Waals surface area (Å²) in [6.07, 6.45) is 11.5. The highest BCUT2D eigenvalue weighted by atomic mass is 16.5. The summed E-state index contributed by atoms with van der Waals surface area (Å²) in [5.41, 5.74) is 4.57. The summed E-state index contributed by atoms with van der Waals surface area (Å²) in [7, 11) is 1.71. The third-order valence-electron chi connectivity index (χ3n) is 4.89. The second-order valence-corrected chi connectivity index (χ2v) is 6.43. The van der Waals surface area contributed by atoms with Crippen LogP contribution in [0.4, 0.5) is 0 Å². The molecule has 0 saturated carbocycles. The Bertz CT molecular complexity index is 804. The zero-order valence-electron chi connectivity index (χ0n) is 14.1. The van der Waals surface area contributed by atoms with Crippen molar-refractivity contribution in [2.75, 3.05) is 7.11 Å². The summed E-state index contributed by atoms with van der Waals surface area (Å²) in [4.78, 5) is 0. The van der Waals surface area contributed by atoms with Gasteiger partial charge in [-0.25, -0.2) is 0 Å². The summed E-state index contributed by atoms with van der Waals surface area (Å²) in [5.74, 6) is 1.87. The van der Waals surface area contributed by atoms with Gasteiger partial charge in [0.05, 0.1) is 12.8 Å². The predicted octanol–water partition coefficient (Wildman–Crippen LogP) is 4.12. The number of hydrogen-bond acceptors (Lipinski definition) is 4. The van der Waals surface area contributed by atoms with Gasteiger partial charge in [-0.05, 0) is 43.0 Å². The van der Waals surface area contributed by atoms with Gasteiger partial charge in [0.15, 0.2) is 0 Å². The summed E-state index contributed by atoms with van der Waals surface area (Å²) in [6, 6.07) is 6.92. The van der Waals surface area contributed by atoms with E-state index in [-0.39, 0.29) is 6.04 Å². The Morgan fingerprint density at radius 1 is 1.29 bits per heavy atom. The lowest BCUT2D eigenvalue weighted by Gasteiger charge is -2.25. The molecule has 4 nitrogen and oxygen atoms in total. The lowest BCUT2D eigenvalue weighted by molar-refractivity contribution is 0.365. The average Bonchev–Trinajstić information content (AvgIpc) is 2.91. The monoisotopic (exact) mass is 322 g/mol. The molecule has 0 spiro atoms. The van der Waals surface area contributed by atoms with Gasteiger partial charge in [0, 0.05) is 24.1 Å². The molecule has 0 radical (unpaired) electrons. The van der Waals surface area contributed by atoms with Gasteiger partial charge in [-0.1, -0.05) is 35.5 Å². The zero-order valence-corrected chi connectivity index (χ0v) is 14.1. The van der Waals surface area contributed by atoms with Crippen molar-refractivity contribution in [2.45, 2.75) is 38.3 Å². The highest BCUT2D eigenvalue weighted by Gasteiger charge is 2.28. The van der Waals surface area contributed by atoms with E-state index in [1.54, 1.807) is 7.11 Å². The molecule has 1 N–H and O–H groups in total. The van der Waals surface area contributed by atoms with Crippen LogP contribution >= 0.6 is 0 Å². The maximum Gasteiger partial charge on any atom is 0.144 e. The smallest absolute Gasteiger partial charge is 0.144 e. The highest BCUT2D eigenvalue weighted by Crippen LogP contribution is 2.40. The van der Waals surface area contributed by atoms with Crippen molar-refractivity contribution in [3.63, 3.8) is 0 Å². The van der Waals surface area contributed by atoms with E-state index in [1.807, 2.05) is 13.0 Å². The zero-order chi connectivity index (χ0) is 16.5. The molecule has 0 bridgehead atoms. The first-order valence-corrected chi connectivity index (χ1v) is 8.49. The summed E-state index contributed by atoms with van der Waals surface area (Å²) in [5, 5.41) is 7.97. The van der Waals surface area contributed by atoms with Crippen LogP contribution in [0.2, 0.25) is 0 Å². The van der Waals surface area contributed by atoms with Gasteiger partial charge in [-0.15, -0.1) is 0 Å². The predicted molar refractivity (Wildman–Crippen MR) is 94.1 cm³/mol. The molecule has 2 aromatic rings. The number of rotatable bonds is 3. The third-order valence-corrected chi connectivity index (χ3v) is 4.89. The topological polar surface area (TPSA) is 47.3 Å². The van der Waals surface area contributed by atoms with Gasteiger partial charge >= 0.3 is 0 Å². The fourth-order valence-electron chi connectivity index (χ4n) is 3.68. The van der Waals surface area contributed by atoms with Crippen LogP contribution in [0.1, 0.15) is 35.9 Å². The van der Waals surface area contributed by atoms with Gasteiger partial charge in [0.2, 0.25) is 0 Å². The van der Waals surface area contributed by atoms with Crippen molar-refractivity contribution in [3.8, 4) is 16.9 Å². The maximum atomic E-state index is 5.58. The fourth-order valence-corrected chi connectivity index (χ4v) is 3.68. The Hall–Kier alpha value is -2.33. The van der Waals surface area contributed by atoms with E-state index in [0.29, 0.717) is 6.04 Å². The molecule has 2 aliphatic carbocycles. The molecule has 124 valence electrons. The molecule has 0 saturated heterocycles.